The molecule has 1 aromatic rings. The van der Waals surface area contributed by atoms with Crippen molar-refractivity contribution in [2.24, 2.45) is 0 Å². The molecular formula is C12H17O. The summed E-state index contributed by atoms with van der Waals surface area (Å²) in [6.45, 7) is 9.02. The Balaban J connectivity index is 2.93. The standard InChI is InChI=1S/C12H17O/c1-9-6-5-7-12(11(9)3)10(2)8-13-4/h5-7,10H,2,8H2,1,3-4H3. The lowest BCUT2D eigenvalue weighted by molar-refractivity contribution is 0.190. The lowest BCUT2D eigenvalue weighted by Crippen LogP contribution is -2.04. The van der Waals surface area contributed by atoms with Gasteiger partial charge in [0.2, 0.25) is 0 Å². The first-order valence-corrected chi connectivity index (χ1v) is 4.55. The summed E-state index contributed by atoms with van der Waals surface area (Å²) in [4.78, 5) is 0. The van der Waals surface area contributed by atoms with Gasteiger partial charge >= 0.3 is 0 Å². The zero-order chi connectivity index (χ0) is 9.84. The number of hydrogen-bond acceptors (Lipinski definition) is 1. The Morgan fingerprint density at radius 1 is 1.38 bits per heavy atom. The van der Waals surface area contributed by atoms with Gasteiger partial charge in [0.1, 0.15) is 0 Å². The first-order chi connectivity index (χ1) is 6.16. The predicted molar refractivity (Wildman–Crippen MR) is 55.9 cm³/mol. The molecule has 0 fully saturated rings. The van der Waals surface area contributed by atoms with Crippen molar-refractivity contribution in [3.63, 3.8) is 0 Å². The van der Waals surface area contributed by atoms with Crippen LogP contribution in [0.5, 0.6) is 0 Å². The number of rotatable bonds is 3. The van der Waals surface area contributed by atoms with Gasteiger partial charge in [-0.25, -0.2) is 0 Å². The topological polar surface area (TPSA) is 9.23 Å². The van der Waals surface area contributed by atoms with Crippen LogP contribution in [0.3, 0.4) is 0 Å². The quantitative estimate of drug-likeness (QED) is 0.689. The molecule has 1 aromatic carbocycles. The van der Waals surface area contributed by atoms with Crippen LogP contribution in [-0.4, -0.2) is 13.7 Å². The zero-order valence-electron chi connectivity index (χ0n) is 8.63. The SMILES string of the molecule is [CH2]C(COC)c1cccc(C)c1C. The Hall–Kier alpha value is -0.820. The minimum absolute atomic E-state index is 0.241. The number of benzene rings is 1. The molecule has 0 heterocycles. The van der Waals surface area contributed by atoms with Gasteiger partial charge in [-0.2, -0.15) is 0 Å². The van der Waals surface area contributed by atoms with Gasteiger partial charge in [0.15, 0.2) is 0 Å². The number of hydrogen-bond donors (Lipinski definition) is 0. The highest BCUT2D eigenvalue weighted by Gasteiger charge is 2.08. The summed E-state index contributed by atoms with van der Waals surface area (Å²) < 4.78 is 5.09. The Labute approximate surface area is 80.7 Å². The highest BCUT2D eigenvalue weighted by molar-refractivity contribution is 5.36. The first kappa shape index (κ1) is 10.3. The lowest BCUT2D eigenvalue weighted by atomic mass is 9.94. The molecule has 0 aromatic heterocycles. The number of aryl methyl sites for hydroxylation is 1. The van der Waals surface area contributed by atoms with Crippen LogP contribution in [0.25, 0.3) is 0 Å². The second-order valence-corrected chi connectivity index (χ2v) is 3.44. The molecule has 1 rings (SSSR count). The predicted octanol–water partition coefficient (Wildman–Crippen LogP) is 2.87. The van der Waals surface area contributed by atoms with Crippen LogP contribution in [0, 0.1) is 20.8 Å². The molecule has 0 spiro atoms. The molecule has 0 bridgehead atoms. The van der Waals surface area contributed by atoms with Crippen LogP contribution < -0.4 is 0 Å². The third kappa shape index (κ3) is 2.31. The van der Waals surface area contributed by atoms with Crippen molar-refractivity contribution in [1.82, 2.24) is 0 Å². The van der Waals surface area contributed by atoms with E-state index in [1.54, 1.807) is 7.11 Å². The summed E-state index contributed by atoms with van der Waals surface area (Å²) in [5, 5.41) is 0. The van der Waals surface area contributed by atoms with Crippen molar-refractivity contribution in [2.75, 3.05) is 13.7 Å². The maximum absolute atomic E-state index is 5.09. The maximum Gasteiger partial charge on any atom is 0.0531 e. The summed E-state index contributed by atoms with van der Waals surface area (Å²) in [7, 11) is 1.71. The average Bonchev–Trinajstić information content (AvgIpc) is 2.10. The van der Waals surface area contributed by atoms with Crippen LogP contribution in [-0.2, 0) is 4.74 Å². The molecule has 1 unspecified atom stereocenters. The number of ether oxygens (including phenoxy) is 1. The molecule has 0 N–H and O–H groups in total. The zero-order valence-corrected chi connectivity index (χ0v) is 8.63. The molecule has 71 valence electrons. The van der Waals surface area contributed by atoms with Crippen LogP contribution in [0.1, 0.15) is 22.6 Å². The second-order valence-electron chi connectivity index (χ2n) is 3.44. The normalized spacial score (nSPS) is 12.9. The largest absolute Gasteiger partial charge is 0.384 e. The highest BCUT2D eigenvalue weighted by atomic mass is 16.5. The van der Waals surface area contributed by atoms with Gasteiger partial charge in [0.05, 0.1) is 6.61 Å². The maximum atomic E-state index is 5.09. The van der Waals surface area contributed by atoms with E-state index in [2.05, 4.69) is 39.0 Å². The van der Waals surface area contributed by atoms with E-state index in [-0.39, 0.29) is 5.92 Å². The molecule has 0 aliphatic rings. The molecular weight excluding hydrogens is 160 g/mol. The summed E-state index contributed by atoms with van der Waals surface area (Å²) in [6, 6.07) is 6.32. The van der Waals surface area contributed by atoms with Crippen molar-refractivity contribution < 1.29 is 4.74 Å². The molecule has 1 nitrogen and oxygen atoms in total. The van der Waals surface area contributed by atoms with Gasteiger partial charge < -0.3 is 4.74 Å². The van der Waals surface area contributed by atoms with Crippen molar-refractivity contribution in [3.05, 3.63) is 41.8 Å². The second kappa shape index (κ2) is 4.43. The smallest absolute Gasteiger partial charge is 0.0531 e. The Bertz CT molecular complexity index is 278. The van der Waals surface area contributed by atoms with E-state index in [0.717, 1.165) is 0 Å². The molecule has 1 heteroatoms. The van der Waals surface area contributed by atoms with Gasteiger partial charge in [-0.1, -0.05) is 18.2 Å². The van der Waals surface area contributed by atoms with E-state index in [1.165, 1.54) is 16.7 Å². The molecule has 0 saturated heterocycles. The molecule has 1 radical (unpaired) electrons. The van der Waals surface area contributed by atoms with Crippen LogP contribution in [0.2, 0.25) is 0 Å². The van der Waals surface area contributed by atoms with Crippen molar-refractivity contribution in [1.29, 1.82) is 0 Å². The monoisotopic (exact) mass is 177 g/mol. The van der Waals surface area contributed by atoms with Crippen LogP contribution >= 0.6 is 0 Å². The van der Waals surface area contributed by atoms with Crippen molar-refractivity contribution in [2.45, 2.75) is 19.8 Å². The van der Waals surface area contributed by atoms with Gasteiger partial charge in [0, 0.05) is 13.0 Å². The van der Waals surface area contributed by atoms with Crippen LogP contribution in [0.15, 0.2) is 18.2 Å². The Kier molecular flexibility index (Phi) is 3.49. The lowest BCUT2D eigenvalue weighted by Gasteiger charge is -2.14. The Morgan fingerprint density at radius 3 is 2.69 bits per heavy atom. The Morgan fingerprint density at radius 2 is 2.08 bits per heavy atom. The fraction of sp³-hybridized carbons (Fsp3) is 0.417. The van der Waals surface area contributed by atoms with E-state index >= 15 is 0 Å². The third-order valence-electron chi connectivity index (χ3n) is 2.45. The third-order valence-corrected chi connectivity index (χ3v) is 2.45. The molecule has 0 amide bonds. The fourth-order valence-corrected chi connectivity index (χ4v) is 1.51. The molecule has 0 saturated carbocycles. The van der Waals surface area contributed by atoms with E-state index in [4.69, 9.17) is 4.74 Å². The van der Waals surface area contributed by atoms with Crippen molar-refractivity contribution in [3.8, 4) is 0 Å². The van der Waals surface area contributed by atoms with Gasteiger partial charge in [0.25, 0.3) is 0 Å². The van der Waals surface area contributed by atoms with Crippen LogP contribution in [0.4, 0.5) is 0 Å². The number of methoxy groups -OCH3 is 1. The van der Waals surface area contributed by atoms with E-state index < -0.39 is 0 Å². The van der Waals surface area contributed by atoms with Gasteiger partial charge in [-0.15, -0.1) is 0 Å². The summed E-state index contributed by atoms with van der Waals surface area (Å²) in [5.74, 6) is 0.241. The summed E-state index contributed by atoms with van der Waals surface area (Å²) in [5.41, 5.74) is 3.95. The van der Waals surface area contributed by atoms with E-state index in [0.29, 0.717) is 6.61 Å². The van der Waals surface area contributed by atoms with Crippen molar-refractivity contribution >= 4 is 0 Å². The fourth-order valence-electron chi connectivity index (χ4n) is 1.51. The molecule has 13 heavy (non-hydrogen) atoms. The van der Waals surface area contributed by atoms with Gasteiger partial charge in [-0.05, 0) is 37.5 Å². The first-order valence-electron chi connectivity index (χ1n) is 4.55. The minimum Gasteiger partial charge on any atom is -0.384 e. The van der Waals surface area contributed by atoms with E-state index in [9.17, 15) is 0 Å². The van der Waals surface area contributed by atoms with E-state index in [1.807, 2.05) is 0 Å². The summed E-state index contributed by atoms with van der Waals surface area (Å²) >= 11 is 0. The highest BCUT2D eigenvalue weighted by Crippen LogP contribution is 2.21. The minimum atomic E-state index is 0.241. The molecule has 1 atom stereocenters. The summed E-state index contributed by atoms with van der Waals surface area (Å²) in [6.07, 6.45) is 0. The van der Waals surface area contributed by atoms with Gasteiger partial charge in [-0.3, -0.25) is 0 Å². The molecule has 0 aliphatic heterocycles. The average molecular weight is 177 g/mol. The molecule has 0 aliphatic carbocycles.